The van der Waals surface area contributed by atoms with E-state index in [9.17, 15) is 0 Å². The molecule has 236 valence electrons. The fourth-order valence-corrected chi connectivity index (χ4v) is 6.68. The third-order valence-electron chi connectivity index (χ3n) is 9.03. The Morgan fingerprint density at radius 3 is 1.32 bits per heavy atom. The van der Waals surface area contributed by atoms with E-state index >= 15 is 0 Å². The van der Waals surface area contributed by atoms with Crippen LogP contribution in [0.1, 0.15) is 0 Å². The molecule has 0 bridgehead atoms. The lowest BCUT2D eigenvalue weighted by Crippen LogP contribution is -2.09. The molecule has 0 aliphatic heterocycles. The van der Waals surface area contributed by atoms with Gasteiger partial charge in [-0.2, -0.15) is 0 Å². The number of hydrogen-bond acceptors (Lipinski definition) is 4. The number of aromatic nitrogens is 4. The van der Waals surface area contributed by atoms with E-state index in [1.165, 1.54) is 10.8 Å². The van der Waals surface area contributed by atoms with Crippen molar-refractivity contribution in [3.05, 3.63) is 188 Å². The third kappa shape index (κ3) is 5.37. The van der Waals surface area contributed by atoms with Gasteiger partial charge in [-0.05, 0) is 72.8 Å². The fourth-order valence-electron chi connectivity index (χ4n) is 6.68. The number of rotatable bonds is 7. The second-order valence-electron chi connectivity index (χ2n) is 12.1. The van der Waals surface area contributed by atoms with Crippen molar-refractivity contribution in [3.8, 4) is 39.9 Å². The molecule has 0 atom stereocenters. The van der Waals surface area contributed by atoms with Crippen LogP contribution in [0.15, 0.2) is 188 Å². The van der Waals surface area contributed by atoms with E-state index in [0.717, 1.165) is 50.5 Å². The second kappa shape index (κ2) is 12.6. The molecular weight excluding hydrogens is 611 g/mol. The van der Waals surface area contributed by atoms with Crippen molar-refractivity contribution in [2.24, 2.45) is 0 Å². The van der Waals surface area contributed by atoms with Crippen molar-refractivity contribution < 1.29 is 0 Å². The quantitative estimate of drug-likeness (QED) is 0.174. The van der Waals surface area contributed by atoms with Crippen LogP contribution in [0.25, 0.3) is 61.7 Å². The average molecular weight is 642 g/mol. The molecule has 0 radical (unpaired) electrons. The zero-order valence-corrected chi connectivity index (χ0v) is 27.1. The van der Waals surface area contributed by atoms with Crippen molar-refractivity contribution in [2.75, 3.05) is 4.90 Å². The summed E-state index contributed by atoms with van der Waals surface area (Å²) in [6.45, 7) is 0. The highest BCUT2D eigenvalue weighted by Crippen LogP contribution is 2.39. The van der Waals surface area contributed by atoms with Crippen LogP contribution >= 0.6 is 0 Å². The summed E-state index contributed by atoms with van der Waals surface area (Å²) < 4.78 is 2.34. The maximum absolute atomic E-state index is 4.93. The molecule has 0 fully saturated rings. The van der Waals surface area contributed by atoms with Gasteiger partial charge >= 0.3 is 0 Å². The van der Waals surface area contributed by atoms with E-state index in [2.05, 4.69) is 137 Å². The molecule has 0 saturated carbocycles. The lowest BCUT2D eigenvalue weighted by molar-refractivity contribution is 1.07. The standard InChI is InChI=1S/C45H31N5/c1-5-15-32(16-6-1)43-46-44(33-17-7-2-8-18-33)48-45(47-43)34-25-27-37(28-26-34)50-41-24-14-13-23-39(41)40-31-38(29-30-42(40)50)49(35-19-9-3-10-20-35)36-21-11-4-12-22-36/h1-31H. The van der Waals surface area contributed by atoms with Crippen molar-refractivity contribution >= 4 is 38.9 Å². The zero-order valence-electron chi connectivity index (χ0n) is 27.1. The summed E-state index contributed by atoms with van der Waals surface area (Å²) in [6, 6.07) is 65.1. The predicted octanol–water partition coefficient (Wildman–Crippen LogP) is 11.4. The first kappa shape index (κ1) is 29.3. The molecule has 9 rings (SSSR count). The molecule has 0 unspecified atom stereocenters. The summed E-state index contributed by atoms with van der Waals surface area (Å²) in [4.78, 5) is 17.0. The van der Waals surface area contributed by atoms with Crippen molar-refractivity contribution in [3.63, 3.8) is 0 Å². The van der Waals surface area contributed by atoms with Gasteiger partial charge in [0.15, 0.2) is 17.5 Å². The van der Waals surface area contributed by atoms with Crippen LogP contribution < -0.4 is 4.90 Å². The fraction of sp³-hybridized carbons (Fsp3) is 0. The normalized spacial score (nSPS) is 11.2. The summed E-state index contributed by atoms with van der Waals surface area (Å²) in [5, 5.41) is 2.39. The Bertz CT molecular complexity index is 2470. The number of fused-ring (bicyclic) bond motifs is 3. The Morgan fingerprint density at radius 1 is 0.340 bits per heavy atom. The minimum Gasteiger partial charge on any atom is -0.310 e. The minimum absolute atomic E-state index is 0.637. The van der Waals surface area contributed by atoms with Gasteiger partial charge < -0.3 is 9.47 Å². The highest BCUT2D eigenvalue weighted by atomic mass is 15.1. The van der Waals surface area contributed by atoms with E-state index in [1.807, 2.05) is 60.7 Å². The first-order chi connectivity index (χ1) is 24.8. The third-order valence-corrected chi connectivity index (χ3v) is 9.03. The van der Waals surface area contributed by atoms with Crippen LogP contribution in [0.5, 0.6) is 0 Å². The van der Waals surface area contributed by atoms with Crippen molar-refractivity contribution in [2.45, 2.75) is 0 Å². The molecule has 5 heteroatoms. The topological polar surface area (TPSA) is 46.8 Å². The largest absolute Gasteiger partial charge is 0.310 e. The maximum atomic E-state index is 4.93. The van der Waals surface area contributed by atoms with Gasteiger partial charge in [0.05, 0.1) is 11.0 Å². The van der Waals surface area contributed by atoms with E-state index in [-0.39, 0.29) is 0 Å². The Hall–Kier alpha value is -6.85. The molecule has 0 aliphatic rings. The Morgan fingerprint density at radius 2 is 0.780 bits per heavy atom. The molecule has 7 aromatic carbocycles. The number of anilines is 3. The smallest absolute Gasteiger partial charge is 0.164 e. The van der Waals surface area contributed by atoms with Gasteiger partial charge in [-0.15, -0.1) is 0 Å². The van der Waals surface area contributed by atoms with Crippen molar-refractivity contribution in [1.82, 2.24) is 19.5 Å². The SMILES string of the molecule is c1ccc(-c2nc(-c3ccccc3)nc(-c3ccc(-n4c5ccccc5c5cc(N(c6ccccc6)c6ccccc6)ccc54)cc3)n2)cc1. The van der Waals surface area contributed by atoms with E-state index in [1.54, 1.807) is 0 Å². The molecule has 0 spiro atoms. The van der Waals surface area contributed by atoms with Gasteiger partial charge in [-0.3, -0.25) is 0 Å². The van der Waals surface area contributed by atoms with Gasteiger partial charge in [0.1, 0.15) is 0 Å². The average Bonchev–Trinajstić information content (AvgIpc) is 3.53. The summed E-state index contributed by atoms with van der Waals surface area (Å²) in [5.74, 6) is 1.94. The molecule has 5 nitrogen and oxygen atoms in total. The maximum Gasteiger partial charge on any atom is 0.164 e. The first-order valence-electron chi connectivity index (χ1n) is 16.7. The molecule has 2 aromatic heterocycles. The highest BCUT2D eigenvalue weighted by Gasteiger charge is 2.18. The Labute approximate surface area is 290 Å². The van der Waals surface area contributed by atoms with Gasteiger partial charge in [0.2, 0.25) is 0 Å². The number of hydrogen-bond donors (Lipinski definition) is 0. The van der Waals surface area contributed by atoms with Gasteiger partial charge in [0.25, 0.3) is 0 Å². The summed E-state index contributed by atoms with van der Waals surface area (Å²) >= 11 is 0. The van der Waals surface area contributed by atoms with E-state index in [4.69, 9.17) is 15.0 Å². The van der Waals surface area contributed by atoms with Gasteiger partial charge in [-0.25, -0.2) is 15.0 Å². The Balaban J connectivity index is 1.15. The van der Waals surface area contributed by atoms with Gasteiger partial charge in [-0.1, -0.05) is 115 Å². The second-order valence-corrected chi connectivity index (χ2v) is 12.1. The lowest BCUT2D eigenvalue weighted by atomic mass is 10.1. The number of para-hydroxylation sites is 3. The molecular formula is C45H31N5. The van der Waals surface area contributed by atoms with Crippen LogP contribution in [0.3, 0.4) is 0 Å². The molecule has 0 saturated heterocycles. The van der Waals surface area contributed by atoms with E-state index < -0.39 is 0 Å². The molecule has 0 N–H and O–H groups in total. The lowest BCUT2D eigenvalue weighted by Gasteiger charge is -2.25. The molecule has 9 aromatic rings. The molecule has 2 heterocycles. The van der Waals surface area contributed by atoms with Crippen LogP contribution in [-0.4, -0.2) is 19.5 Å². The summed E-state index contributed by atoms with van der Waals surface area (Å²) in [7, 11) is 0. The predicted molar refractivity (Wildman–Crippen MR) is 205 cm³/mol. The summed E-state index contributed by atoms with van der Waals surface area (Å²) in [5.41, 5.74) is 9.51. The van der Waals surface area contributed by atoms with Crippen LogP contribution in [0, 0.1) is 0 Å². The summed E-state index contributed by atoms with van der Waals surface area (Å²) in [6.07, 6.45) is 0. The molecule has 0 aliphatic carbocycles. The highest BCUT2D eigenvalue weighted by molar-refractivity contribution is 6.10. The number of nitrogens with zero attached hydrogens (tertiary/aromatic N) is 5. The van der Waals surface area contributed by atoms with Crippen LogP contribution in [0.4, 0.5) is 17.1 Å². The van der Waals surface area contributed by atoms with Gasteiger partial charge in [0, 0.05) is 50.2 Å². The van der Waals surface area contributed by atoms with E-state index in [0.29, 0.717) is 17.5 Å². The molecule has 50 heavy (non-hydrogen) atoms. The zero-order chi connectivity index (χ0) is 33.3. The van der Waals surface area contributed by atoms with Crippen molar-refractivity contribution in [1.29, 1.82) is 0 Å². The van der Waals surface area contributed by atoms with Crippen LogP contribution in [-0.2, 0) is 0 Å². The Kier molecular flexibility index (Phi) is 7.41. The molecule has 0 amide bonds. The number of benzene rings is 7. The van der Waals surface area contributed by atoms with Crippen LogP contribution in [0.2, 0.25) is 0 Å². The first-order valence-corrected chi connectivity index (χ1v) is 16.7. The monoisotopic (exact) mass is 641 g/mol. The minimum atomic E-state index is 0.637.